The van der Waals surface area contributed by atoms with E-state index in [0.29, 0.717) is 23.0 Å². The van der Waals surface area contributed by atoms with Crippen molar-refractivity contribution in [2.45, 2.75) is 46.5 Å². The van der Waals surface area contributed by atoms with Gasteiger partial charge in [-0.25, -0.2) is 0 Å². The topological polar surface area (TPSA) is 35.5 Å². The van der Waals surface area contributed by atoms with Gasteiger partial charge in [0, 0.05) is 43.2 Å². The Morgan fingerprint density at radius 2 is 1.78 bits per heavy atom. The van der Waals surface area contributed by atoms with E-state index in [0.717, 1.165) is 12.8 Å². The number of fused-ring (bicyclic) bond motifs is 1. The van der Waals surface area contributed by atoms with Gasteiger partial charge in [0.1, 0.15) is 5.75 Å². The van der Waals surface area contributed by atoms with Crippen LogP contribution in [-0.2, 0) is 6.42 Å². The third kappa shape index (κ3) is 4.11. The van der Waals surface area contributed by atoms with Gasteiger partial charge >= 0.3 is 0 Å². The van der Waals surface area contributed by atoms with Crippen LogP contribution < -0.4 is 10.2 Å². The van der Waals surface area contributed by atoms with E-state index in [-0.39, 0.29) is 0 Å². The molecule has 2 saturated heterocycles. The summed E-state index contributed by atoms with van der Waals surface area (Å²) < 4.78 is 0. The van der Waals surface area contributed by atoms with Gasteiger partial charge in [0.05, 0.1) is 0 Å². The Morgan fingerprint density at radius 1 is 1.06 bits per heavy atom. The van der Waals surface area contributed by atoms with E-state index in [1.54, 1.807) is 0 Å². The zero-order valence-corrected chi connectivity index (χ0v) is 20.1. The number of allylic oxidation sites excluding steroid dienone is 4. The molecule has 2 aromatic rings. The van der Waals surface area contributed by atoms with Crippen molar-refractivity contribution >= 4 is 5.69 Å². The van der Waals surface area contributed by atoms with Crippen LogP contribution in [0, 0.1) is 11.3 Å². The van der Waals surface area contributed by atoms with Crippen LogP contribution in [0.15, 0.2) is 66.3 Å². The molecular weight excluding hydrogens is 392 g/mol. The van der Waals surface area contributed by atoms with Crippen molar-refractivity contribution in [2.24, 2.45) is 11.3 Å². The van der Waals surface area contributed by atoms with Crippen LogP contribution in [0.2, 0.25) is 0 Å². The minimum Gasteiger partial charge on any atom is -0.508 e. The van der Waals surface area contributed by atoms with Crippen molar-refractivity contribution in [1.82, 2.24) is 5.32 Å². The second kappa shape index (κ2) is 9.54. The van der Waals surface area contributed by atoms with E-state index in [9.17, 15) is 5.11 Å². The lowest BCUT2D eigenvalue weighted by atomic mass is 9.68. The highest BCUT2D eigenvalue weighted by Crippen LogP contribution is 2.46. The Balaban J connectivity index is 0.00000119. The Labute approximate surface area is 193 Å². The van der Waals surface area contributed by atoms with Gasteiger partial charge in [0.2, 0.25) is 0 Å². The predicted octanol–water partition coefficient (Wildman–Crippen LogP) is 6.04. The standard InChI is InChI=1S/C27H32N2O.C2H6/c1-3-5-19(4-2)24-12-8-21-14-23(30)11-13-25(21)26(24)20-6-9-22(10-7-20)29-17-27(18-29)15-28-16-27;1-2/h3-7,9-11,13-14,24,26,28,30H,8,12,15-18H2,1-2H3;1-2H3/b5-3-,19-4+;. The third-order valence-electron chi connectivity index (χ3n) is 7.38. The first-order chi connectivity index (χ1) is 15.6. The van der Waals surface area contributed by atoms with Gasteiger partial charge in [-0.2, -0.15) is 0 Å². The molecule has 0 saturated carbocycles. The van der Waals surface area contributed by atoms with E-state index < -0.39 is 0 Å². The first-order valence-corrected chi connectivity index (χ1v) is 12.3. The number of benzene rings is 2. The Kier molecular flexibility index (Phi) is 6.76. The summed E-state index contributed by atoms with van der Waals surface area (Å²) >= 11 is 0. The fourth-order valence-corrected chi connectivity index (χ4v) is 5.74. The SMILES string of the molecule is C/C=C\C(=C/C)C1CCc2cc(O)ccc2C1c1ccc(N2CC3(CNC3)C2)cc1.CC. The molecule has 2 aliphatic heterocycles. The number of hydrogen-bond donors (Lipinski definition) is 2. The highest BCUT2D eigenvalue weighted by molar-refractivity contribution is 5.54. The lowest BCUT2D eigenvalue weighted by molar-refractivity contribution is 0.121. The van der Waals surface area contributed by atoms with E-state index in [1.165, 1.54) is 54.1 Å². The van der Waals surface area contributed by atoms with Crippen LogP contribution >= 0.6 is 0 Å². The lowest BCUT2D eigenvalue weighted by Gasteiger charge is -2.57. The summed E-state index contributed by atoms with van der Waals surface area (Å²) in [6.45, 7) is 12.9. The first-order valence-electron chi connectivity index (χ1n) is 12.3. The summed E-state index contributed by atoms with van der Waals surface area (Å²) in [5.74, 6) is 1.16. The molecule has 1 aliphatic carbocycles. The number of hydrogen-bond acceptors (Lipinski definition) is 3. The smallest absolute Gasteiger partial charge is 0.115 e. The molecule has 0 bridgehead atoms. The molecule has 2 atom stereocenters. The molecule has 0 aromatic heterocycles. The van der Waals surface area contributed by atoms with Crippen molar-refractivity contribution < 1.29 is 5.11 Å². The molecule has 1 spiro atoms. The van der Waals surface area contributed by atoms with Gasteiger partial charge in [-0.05, 0) is 79.1 Å². The first kappa shape index (κ1) is 22.7. The summed E-state index contributed by atoms with van der Waals surface area (Å²) in [6, 6.07) is 15.2. The van der Waals surface area contributed by atoms with Crippen molar-refractivity contribution in [2.75, 3.05) is 31.1 Å². The van der Waals surface area contributed by atoms with E-state index in [1.807, 2.05) is 26.0 Å². The third-order valence-corrected chi connectivity index (χ3v) is 7.38. The Morgan fingerprint density at radius 3 is 2.38 bits per heavy atom. The molecule has 3 heteroatoms. The second-order valence-electron chi connectivity index (χ2n) is 9.35. The summed E-state index contributed by atoms with van der Waals surface area (Å²) in [7, 11) is 0. The summed E-state index contributed by atoms with van der Waals surface area (Å²) in [4.78, 5) is 2.51. The average Bonchev–Trinajstić information content (AvgIpc) is 2.77. The average molecular weight is 431 g/mol. The number of anilines is 1. The minimum absolute atomic E-state index is 0.323. The summed E-state index contributed by atoms with van der Waals surface area (Å²) in [6.07, 6.45) is 8.81. The number of rotatable bonds is 4. The molecule has 2 unspecified atom stereocenters. The van der Waals surface area contributed by atoms with Crippen LogP contribution in [0.1, 0.15) is 56.7 Å². The molecule has 2 fully saturated rings. The molecule has 32 heavy (non-hydrogen) atoms. The van der Waals surface area contributed by atoms with Crippen molar-refractivity contribution in [3.8, 4) is 5.75 Å². The molecular formula is C29H38N2O. The van der Waals surface area contributed by atoms with Gasteiger partial charge in [0.15, 0.2) is 0 Å². The molecule has 170 valence electrons. The number of aromatic hydroxyl groups is 1. The maximum Gasteiger partial charge on any atom is 0.115 e. The molecule has 2 heterocycles. The summed E-state index contributed by atoms with van der Waals surface area (Å²) in [5, 5.41) is 13.4. The number of phenols is 1. The van der Waals surface area contributed by atoms with E-state index in [2.05, 4.69) is 72.6 Å². The molecule has 0 amide bonds. The molecule has 2 N–H and O–H groups in total. The van der Waals surface area contributed by atoms with Gasteiger partial charge in [-0.1, -0.05) is 50.3 Å². The van der Waals surface area contributed by atoms with Crippen LogP contribution in [0.4, 0.5) is 5.69 Å². The molecule has 3 nitrogen and oxygen atoms in total. The largest absolute Gasteiger partial charge is 0.508 e. The molecule has 5 rings (SSSR count). The fraction of sp³-hybridized carbons (Fsp3) is 0.448. The number of phenolic OH excluding ortho intramolecular Hbond substituents is 1. The van der Waals surface area contributed by atoms with Gasteiger partial charge in [-0.15, -0.1) is 0 Å². The van der Waals surface area contributed by atoms with Gasteiger partial charge in [0.25, 0.3) is 0 Å². The maximum atomic E-state index is 10.0. The normalized spacial score (nSPS) is 23.8. The zero-order valence-electron chi connectivity index (χ0n) is 20.1. The Hall–Kier alpha value is -2.52. The van der Waals surface area contributed by atoms with Crippen LogP contribution in [0.3, 0.4) is 0 Å². The lowest BCUT2D eigenvalue weighted by Crippen LogP contribution is -2.71. The fourth-order valence-electron chi connectivity index (χ4n) is 5.74. The predicted molar refractivity (Wildman–Crippen MR) is 136 cm³/mol. The van der Waals surface area contributed by atoms with Crippen molar-refractivity contribution in [1.29, 1.82) is 0 Å². The van der Waals surface area contributed by atoms with Crippen molar-refractivity contribution in [3.05, 3.63) is 83.0 Å². The van der Waals surface area contributed by atoms with Crippen LogP contribution in [-0.4, -0.2) is 31.3 Å². The van der Waals surface area contributed by atoms with Crippen molar-refractivity contribution in [3.63, 3.8) is 0 Å². The van der Waals surface area contributed by atoms with Crippen LogP contribution in [0.25, 0.3) is 0 Å². The van der Waals surface area contributed by atoms with Gasteiger partial charge in [-0.3, -0.25) is 0 Å². The number of nitrogens with zero attached hydrogens (tertiary/aromatic N) is 1. The highest BCUT2D eigenvalue weighted by atomic mass is 16.3. The summed E-state index contributed by atoms with van der Waals surface area (Å²) in [5.41, 5.74) is 7.32. The molecule has 0 radical (unpaired) electrons. The quantitative estimate of drug-likeness (QED) is 0.580. The Bertz CT molecular complexity index is 977. The van der Waals surface area contributed by atoms with E-state index >= 15 is 0 Å². The zero-order chi connectivity index (χ0) is 22.7. The molecule has 2 aromatic carbocycles. The highest BCUT2D eigenvalue weighted by Gasteiger charge is 2.47. The molecule has 3 aliphatic rings. The number of nitrogens with one attached hydrogen (secondary N) is 1. The van der Waals surface area contributed by atoms with Crippen LogP contribution in [0.5, 0.6) is 5.75 Å². The number of aryl methyl sites for hydroxylation is 1. The second-order valence-corrected chi connectivity index (χ2v) is 9.35. The van der Waals surface area contributed by atoms with E-state index in [4.69, 9.17) is 0 Å². The maximum absolute atomic E-state index is 10.0. The monoisotopic (exact) mass is 430 g/mol. The van der Waals surface area contributed by atoms with Gasteiger partial charge < -0.3 is 15.3 Å². The minimum atomic E-state index is 0.323.